The van der Waals surface area contributed by atoms with Gasteiger partial charge in [-0.3, -0.25) is 4.79 Å². The fourth-order valence-corrected chi connectivity index (χ4v) is 5.16. The predicted molar refractivity (Wildman–Crippen MR) is 114 cm³/mol. The minimum atomic E-state index is -3.56. The minimum absolute atomic E-state index is 0.167. The molecule has 0 aliphatic carbocycles. The van der Waals surface area contributed by atoms with Crippen LogP contribution in [0.15, 0.2) is 71.9 Å². The molecule has 4 rings (SSSR count). The maximum atomic E-state index is 12.9. The monoisotopic (exact) mass is 424 g/mol. The maximum absolute atomic E-state index is 12.9. The molecule has 1 saturated heterocycles. The Balaban J connectivity index is 1.49. The zero-order valence-electron chi connectivity index (χ0n) is 16.8. The lowest BCUT2D eigenvalue weighted by Gasteiger charge is -2.18. The van der Waals surface area contributed by atoms with E-state index in [0.29, 0.717) is 25.2 Å². The molecule has 2 aromatic carbocycles. The van der Waals surface area contributed by atoms with Gasteiger partial charge in [0.25, 0.3) is 5.91 Å². The summed E-state index contributed by atoms with van der Waals surface area (Å²) < 4.78 is 28.8. The van der Waals surface area contributed by atoms with Gasteiger partial charge in [-0.05, 0) is 43.2 Å². The number of nitrogens with zero attached hydrogens (tertiary/aromatic N) is 4. The summed E-state index contributed by atoms with van der Waals surface area (Å²) in [5.41, 5.74) is 2.18. The SMILES string of the molecule is CN(Cc1cnn(-c2ccccc2)c1)C(=O)c1cccc(S(=O)(=O)N2CCCC2)c1. The largest absolute Gasteiger partial charge is 0.337 e. The zero-order valence-corrected chi connectivity index (χ0v) is 17.6. The van der Waals surface area contributed by atoms with Gasteiger partial charge in [0.1, 0.15) is 0 Å². The van der Waals surface area contributed by atoms with Crippen LogP contribution in [0.1, 0.15) is 28.8 Å². The van der Waals surface area contributed by atoms with Crippen LogP contribution in [-0.4, -0.2) is 53.4 Å². The van der Waals surface area contributed by atoms with Gasteiger partial charge in [-0.15, -0.1) is 0 Å². The Bertz CT molecular complexity index is 1140. The molecule has 1 aromatic heterocycles. The normalized spacial score (nSPS) is 14.7. The van der Waals surface area contributed by atoms with Crippen LogP contribution in [0.5, 0.6) is 0 Å². The maximum Gasteiger partial charge on any atom is 0.253 e. The van der Waals surface area contributed by atoms with Crippen LogP contribution >= 0.6 is 0 Å². The predicted octanol–water partition coefficient (Wildman–Crippen LogP) is 2.93. The lowest BCUT2D eigenvalue weighted by atomic mass is 10.2. The number of aromatic nitrogens is 2. The van der Waals surface area contributed by atoms with E-state index in [9.17, 15) is 13.2 Å². The highest BCUT2D eigenvalue weighted by molar-refractivity contribution is 7.89. The van der Waals surface area contributed by atoms with Crippen molar-refractivity contribution in [3.8, 4) is 5.69 Å². The van der Waals surface area contributed by atoms with Crippen molar-refractivity contribution in [2.24, 2.45) is 0 Å². The smallest absolute Gasteiger partial charge is 0.253 e. The number of hydrogen-bond donors (Lipinski definition) is 0. The summed E-state index contributed by atoms with van der Waals surface area (Å²) in [4.78, 5) is 14.6. The third-order valence-electron chi connectivity index (χ3n) is 5.21. The zero-order chi connectivity index (χ0) is 21.1. The Kier molecular flexibility index (Phi) is 5.69. The molecule has 0 radical (unpaired) electrons. The van der Waals surface area contributed by atoms with Gasteiger partial charge in [0.2, 0.25) is 10.0 Å². The highest BCUT2D eigenvalue weighted by Gasteiger charge is 2.28. The number of rotatable bonds is 6. The molecule has 1 aliphatic rings. The van der Waals surface area contributed by atoms with Crippen LogP contribution < -0.4 is 0 Å². The van der Waals surface area contributed by atoms with Crippen LogP contribution in [0, 0.1) is 0 Å². The van der Waals surface area contributed by atoms with Crippen LogP contribution in [-0.2, 0) is 16.6 Å². The van der Waals surface area contributed by atoms with Crippen molar-refractivity contribution < 1.29 is 13.2 Å². The van der Waals surface area contributed by atoms with Crippen LogP contribution in [0.4, 0.5) is 0 Å². The van der Waals surface area contributed by atoms with E-state index < -0.39 is 10.0 Å². The number of carbonyl (C=O) groups is 1. The standard InChI is InChI=1S/C22H24N4O3S/c1-24(16-18-15-23-26(17-18)20-9-3-2-4-10-20)22(27)19-8-7-11-21(14-19)30(28,29)25-12-5-6-13-25/h2-4,7-11,14-15,17H,5-6,12-13,16H2,1H3. The molecule has 8 heteroatoms. The number of hydrogen-bond acceptors (Lipinski definition) is 4. The Morgan fingerprint density at radius 3 is 2.53 bits per heavy atom. The molecule has 0 saturated carbocycles. The number of carbonyl (C=O) groups excluding carboxylic acids is 1. The van der Waals surface area contributed by atoms with Gasteiger partial charge < -0.3 is 4.90 Å². The highest BCUT2D eigenvalue weighted by atomic mass is 32.2. The minimum Gasteiger partial charge on any atom is -0.337 e. The Morgan fingerprint density at radius 2 is 1.80 bits per heavy atom. The Hall–Kier alpha value is -2.97. The van der Waals surface area contributed by atoms with E-state index in [0.717, 1.165) is 24.1 Å². The van der Waals surface area contributed by atoms with Gasteiger partial charge in [0.15, 0.2) is 0 Å². The first-order valence-electron chi connectivity index (χ1n) is 9.90. The molecule has 2 heterocycles. The van der Waals surface area contributed by atoms with Crippen LogP contribution in [0.25, 0.3) is 5.69 Å². The summed E-state index contributed by atoms with van der Waals surface area (Å²) in [5, 5.41) is 4.36. The molecule has 30 heavy (non-hydrogen) atoms. The Labute approximate surface area is 176 Å². The first kappa shape index (κ1) is 20.3. The van der Waals surface area contributed by atoms with Gasteiger partial charge in [-0.1, -0.05) is 24.3 Å². The van der Waals surface area contributed by atoms with Gasteiger partial charge in [0.05, 0.1) is 16.8 Å². The molecule has 0 spiro atoms. The first-order chi connectivity index (χ1) is 14.4. The van der Waals surface area contributed by atoms with E-state index in [1.165, 1.54) is 10.4 Å². The lowest BCUT2D eigenvalue weighted by molar-refractivity contribution is 0.0785. The third kappa shape index (κ3) is 4.15. The van der Waals surface area contributed by atoms with Crippen LogP contribution in [0.3, 0.4) is 0 Å². The second-order valence-electron chi connectivity index (χ2n) is 7.43. The van der Waals surface area contributed by atoms with Crippen molar-refractivity contribution in [3.63, 3.8) is 0 Å². The number of benzene rings is 2. The highest BCUT2D eigenvalue weighted by Crippen LogP contribution is 2.22. The lowest BCUT2D eigenvalue weighted by Crippen LogP contribution is -2.29. The molecule has 1 amide bonds. The number of amides is 1. The molecule has 0 unspecified atom stereocenters. The average Bonchev–Trinajstić information content (AvgIpc) is 3.47. The molecule has 0 bridgehead atoms. The second-order valence-corrected chi connectivity index (χ2v) is 9.37. The van der Waals surface area contributed by atoms with Gasteiger partial charge in [0, 0.05) is 44.0 Å². The summed E-state index contributed by atoms with van der Waals surface area (Å²) >= 11 is 0. The first-order valence-corrected chi connectivity index (χ1v) is 11.3. The van der Waals surface area contributed by atoms with Crippen molar-refractivity contribution >= 4 is 15.9 Å². The van der Waals surface area contributed by atoms with Crippen molar-refractivity contribution in [1.29, 1.82) is 0 Å². The summed E-state index contributed by atoms with van der Waals surface area (Å²) in [6, 6.07) is 16.0. The Morgan fingerprint density at radius 1 is 1.07 bits per heavy atom. The van der Waals surface area contributed by atoms with E-state index in [2.05, 4.69) is 5.10 Å². The molecule has 0 atom stereocenters. The van der Waals surface area contributed by atoms with Gasteiger partial charge in [-0.2, -0.15) is 9.40 Å². The summed E-state index contributed by atoms with van der Waals surface area (Å²) in [6.07, 6.45) is 5.35. The van der Waals surface area contributed by atoms with E-state index in [4.69, 9.17) is 0 Å². The summed E-state index contributed by atoms with van der Waals surface area (Å²) in [5.74, 6) is -0.235. The molecule has 0 N–H and O–H groups in total. The molecule has 3 aromatic rings. The number of para-hydroxylation sites is 1. The average molecular weight is 425 g/mol. The molecule has 1 aliphatic heterocycles. The fourth-order valence-electron chi connectivity index (χ4n) is 3.60. The topological polar surface area (TPSA) is 75.5 Å². The van der Waals surface area contributed by atoms with Gasteiger partial charge >= 0.3 is 0 Å². The van der Waals surface area contributed by atoms with E-state index >= 15 is 0 Å². The van der Waals surface area contributed by atoms with Gasteiger partial charge in [-0.25, -0.2) is 13.1 Å². The summed E-state index contributed by atoms with van der Waals surface area (Å²) in [6.45, 7) is 1.44. The van der Waals surface area contributed by atoms with E-state index in [1.807, 2.05) is 36.5 Å². The molecular formula is C22H24N4O3S. The second kappa shape index (κ2) is 8.41. The molecule has 1 fully saturated rings. The van der Waals surface area contributed by atoms with Crippen molar-refractivity contribution in [2.45, 2.75) is 24.3 Å². The van der Waals surface area contributed by atoms with Crippen molar-refractivity contribution in [1.82, 2.24) is 19.0 Å². The molecule has 7 nitrogen and oxygen atoms in total. The fraction of sp³-hybridized carbons (Fsp3) is 0.273. The third-order valence-corrected chi connectivity index (χ3v) is 7.10. The molecule has 156 valence electrons. The van der Waals surface area contributed by atoms with E-state index in [-0.39, 0.29) is 10.8 Å². The van der Waals surface area contributed by atoms with Crippen molar-refractivity contribution in [2.75, 3.05) is 20.1 Å². The quantitative estimate of drug-likeness (QED) is 0.610. The summed E-state index contributed by atoms with van der Waals surface area (Å²) in [7, 11) is -1.86. The van der Waals surface area contributed by atoms with Crippen LogP contribution in [0.2, 0.25) is 0 Å². The van der Waals surface area contributed by atoms with Crippen molar-refractivity contribution in [3.05, 3.63) is 78.1 Å². The van der Waals surface area contributed by atoms with E-state index in [1.54, 1.807) is 41.0 Å². The number of sulfonamides is 1. The molecular weight excluding hydrogens is 400 g/mol.